The molecule has 1 rings (SSSR count). The van der Waals surface area contributed by atoms with Gasteiger partial charge < -0.3 is 10.5 Å². The van der Waals surface area contributed by atoms with E-state index in [1.54, 1.807) is 0 Å². The van der Waals surface area contributed by atoms with E-state index in [9.17, 15) is 0 Å². The first-order valence-electron chi connectivity index (χ1n) is 6.68. The minimum atomic E-state index is 0.674. The van der Waals surface area contributed by atoms with Gasteiger partial charge in [-0.1, -0.05) is 45.2 Å². The van der Waals surface area contributed by atoms with Crippen LogP contribution in [0.5, 0.6) is 0 Å². The quantitative estimate of drug-likeness (QED) is 0.691. The van der Waals surface area contributed by atoms with Crippen LogP contribution in [0.1, 0.15) is 45.1 Å². The van der Waals surface area contributed by atoms with Crippen molar-refractivity contribution in [2.24, 2.45) is 5.92 Å². The monoisotopic (exact) mass is 235 g/mol. The summed E-state index contributed by atoms with van der Waals surface area (Å²) in [6.07, 6.45) is 5.06. The zero-order chi connectivity index (χ0) is 12.5. The zero-order valence-corrected chi connectivity index (χ0v) is 11.1. The molecule has 0 radical (unpaired) electrons. The van der Waals surface area contributed by atoms with E-state index in [0.717, 1.165) is 17.9 Å². The molecular weight excluding hydrogens is 210 g/mol. The third-order valence-electron chi connectivity index (χ3n) is 3.12. The third kappa shape index (κ3) is 5.73. The number of hydrogen-bond donors (Lipinski definition) is 1. The lowest BCUT2D eigenvalue weighted by atomic mass is 10.0. The van der Waals surface area contributed by atoms with Gasteiger partial charge in [0.1, 0.15) is 0 Å². The molecule has 1 aromatic carbocycles. The van der Waals surface area contributed by atoms with Crippen LogP contribution < -0.4 is 5.73 Å². The first kappa shape index (κ1) is 14.0. The van der Waals surface area contributed by atoms with Crippen LogP contribution in [-0.4, -0.2) is 6.61 Å². The Bertz CT molecular complexity index is 312. The molecule has 17 heavy (non-hydrogen) atoms. The minimum absolute atomic E-state index is 0.674. The van der Waals surface area contributed by atoms with Crippen LogP contribution in [0.25, 0.3) is 0 Å². The van der Waals surface area contributed by atoms with E-state index in [4.69, 9.17) is 10.5 Å². The van der Waals surface area contributed by atoms with Crippen molar-refractivity contribution in [2.45, 2.75) is 46.1 Å². The molecule has 0 aliphatic heterocycles. The normalized spacial score (nSPS) is 12.6. The molecule has 0 fully saturated rings. The van der Waals surface area contributed by atoms with Gasteiger partial charge in [0, 0.05) is 12.3 Å². The Morgan fingerprint density at radius 2 is 2.12 bits per heavy atom. The van der Waals surface area contributed by atoms with Gasteiger partial charge in [0.2, 0.25) is 0 Å². The maximum atomic E-state index is 5.77. The standard InChI is InChI=1S/C15H25NO/c1-3-5-7-13(4-2)11-17-12-14-8-6-9-15(16)10-14/h6,8-10,13H,3-5,7,11-12,16H2,1-2H3/t13-/m1/s1. The van der Waals surface area contributed by atoms with Gasteiger partial charge in [-0.25, -0.2) is 0 Å². The molecule has 0 aliphatic rings. The fourth-order valence-electron chi connectivity index (χ4n) is 1.92. The SMILES string of the molecule is CCCC[C@@H](CC)COCc1cccc(N)c1. The summed E-state index contributed by atoms with van der Waals surface area (Å²) < 4.78 is 5.77. The molecule has 1 aromatic rings. The fourth-order valence-corrected chi connectivity index (χ4v) is 1.92. The van der Waals surface area contributed by atoms with Gasteiger partial charge in [-0.2, -0.15) is 0 Å². The first-order valence-corrected chi connectivity index (χ1v) is 6.68. The van der Waals surface area contributed by atoms with Crippen LogP contribution in [-0.2, 0) is 11.3 Å². The number of nitrogen functional groups attached to an aromatic ring is 1. The first-order chi connectivity index (χ1) is 8.26. The Hall–Kier alpha value is -1.02. The van der Waals surface area contributed by atoms with E-state index in [2.05, 4.69) is 19.9 Å². The van der Waals surface area contributed by atoms with Crippen molar-refractivity contribution >= 4 is 5.69 Å². The minimum Gasteiger partial charge on any atom is -0.399 e. The third-order valence-corrected chi connectivity index (χ3v) is 3.12. The number of benzene rings is 1. The van der Waals surface area contributed by atoms with E-state index >= 15 is 0 Å². The molecule has 0 spiro atoms. The van der Waals surface area contributed by atoms with E-state index in [1.165, 1.54) is 25.7 Å². The molecule has 0 aliphatic carbocycles. The van der Waals surface area contributed by atoms with Crippen molar-refractivity contribution in [3.8, 4) is 0 Å². The Morgan fingerprint density at radius 3 is 2.76 bits per heavy atom. The van der Waals surface area contributed by atoms with Crippen molar-refractivity contribution in [3.63, 3.8) is 0 Å². The molecule has 0 saturated carbocycles. The van der Waals surface area contributed by atoms with Crippen LogP contribution >= 0.6 is 0 Å². The van der Waals surface area contributed by atoms with E-state index in [1.807, 2.05) is 18.2 Å². The van der Waals surface area contributed by atoms with E-state index < -0.39 is 0 Å². The van der Waals surface area contributed by atoms with Crippen LogP contribution in [0.2, 0.25) is 0 Å². The van der Waals surface area contributed by atoms with Crippen molar-refractivity contribution < 1.29 is 4.74 Å². The van der Waals surface area contributed by atoms with Gasteiger partial charge in [-0.05, 0) is 30.0 Å². The summed E-state index contributed by atoms with van der Waals surface area (Å²) in [7, 11) is 0. The van der Waals surface area contributed by atoms with Gasteiger partial charge in [0.15, 0.2) is 0 Å². The number of anilines is 1. The Morgan fingerprint density at radius 1 is 1.29 bits per heavy atom. The molecule has 2 nitrogen and oxygen atoms in total. The van der Waals surface area contributed by atoms with E-state index in [-0.39, 0.29) is 0 Å². The molecule has 0 bridgehead atoms. The molecule has 0 saturated heterocycles. The molecule has 96 valence electrons. The second-order valence-electron chi connectivity index (χ2n) is 4.68. The fraction of sp³-hybridized carbons (Fsp3) is 0.600. The number of rotatable bonds is 8. The Kier molecular flexibility index (Phi) is 6.71. The number of ether oxygens (including phenoxy) is 1. The maximum absolute atomic E-state index is 5.77. The van der Waals surface area contributed by atoms with E-state index in [0.29, 0.717) is 12.5 Å². The average Bonchev–Trinajstić information content (AvgIpc) is 2.33. The number of hydrogen-bond acceptors (Lipinski definition) is 2. The molecule has 2 heteroatoms. The highest BCUT2D eigenvalue weighted by molar-refractivity contribution is 5.40. The van der Waals surface area contributed by atoms with Crippen LogP contribution in [0.3, 0.4) is 0 Å². The summed E-state index contributed by atoms with van der Waals surface area (Å²) in [6.45, 7) is 6.02. The topological polar surface area (TPSA) is 35.2 Å². The maximum Gasteiger partial charge on any atom is 0.0717 e. The highest BCUT2D eigenvalue weighted by Crippen LogP contribution is 2.14. The molecule has 1 atom stereocenters. The highest BCUT2D eigenvalue weighted by Gasteiger charge is 2.05. The largest absolute Gasteiger partial charge is 0.399 e. The molecule has 0 heterocycles. The van der Waals surface area contributed by atoms with Crippen molar-refractivity contribution in [3.05, 3.63) is 29.8 Å². The molecule has 2 N–H and O–H groups in total. The highest BCUT2D eigenvalue weighted by atomic mass is 16.5. The molecule has 0 aromatic heterocycles. The van der Waals surface area contributed by atoms with Gasteiger partial charge in [-0.3, -0.25) is 0 Å². The Labute approximate surface area is 105 Å². The summed E-state index contributed by atoms with van der Waals surface area (Å²) >= 11 is 0. The predicted octanol–water partition coefficient (Wildman–Crippen LogP) is 4.00. The van der Waals surface area contributed by atoms with Crippen molar-refractivity contribution in [2.75, 3.05) is 12.3 Å². The lowest BCUT2D eigenvalue weighted by Gasteiger charge is -2.14. The summed E-state index contributed by atoms with van der Waals surface area (Å²) in [5.41, 5.74) is 7.70. The second kappa shape index (κ2) is 8.13. The van der Waals surface area contributed by atoms with Crippen LogP contribution in [0, 0.1) is 5.92 Å². The van der Waals surface area contributed by atoms with Gasteiger partial charge in [0.05, 0.1) is 6.61 Å². The molecule has 0 amide bonds. The van der Waals surface area contributed by atoms with Crippen molar-refractivity contribution in [1.29, 1.82) is 0 Å². The smallest absolute Gasteiger partial charge is 0.0717 e. The lowest BCUT2D eigenvalue weighted by Crippen LogP contribution is -2.08. The Balaban J connectivity index is 2.26. The summed E-state index contributed by atoms with van der Waals surface area (Å²) in [5, 5.41) is 0. The summed E-state index contributed by atoms with van der Waals surface area (Å²) in [4.78, 5) is 0. The number of unbranched alkanes of at least 4 members (excludes halogenated alkanes) is 1. The molecular formula is C15H25NO. The zero-order valence-electron chi connectivity index (χ0n) is 11.1. The van der Waals surface area contributed by atoms with Crippen LogP contribution in [0.4, 0.5) is 5.69 Å². The lowest BCUT2D eigenvalue weighted by molar-refractivity contribution is 0.0820. The van der Waals surface area contributed by atoms with Crippen LogP contribution in [0.15, 0.2) is 24.3 Å². The summed E-state index contributed by atoms with van der Waals surface area (Å²) in [6, 6.07) is 7.92. The van der Waals surface area contributed by atoms with Gasteiger partial charge in [0.25, 0.3) is 0 Å². The predicted molar refractivity (Wildman–Crippen MR) is 73.8 cm³/mol. The van der Waals surface area contributed by atoms with Gasteiger partial charge in [-0.15, -0.1) is 0 Å². The number of nitrogens with two attached hydrogens (primary N) is 1. The average molecular weight is 235 g/mol. The second-order valence-corrected chi connectivity index (χ2v) is 4.68. The molecule has 0 unspecified atom stereocenters. The van der Waals surface area contributed by atoms with Gasteiger partial charge >= 0.3 is 0 Å². The van der Waals surface area contributed by atoms with Crippen molar-refractivity contribution in [1.82, 2.24) is 0 Å². The summed E-state index contributed by atoms with van der Waals surface area (Å²) in [5.74, 6) is 0.705.